The molecular formula is C24H29Cl2FN4O. The predicted octanol–water partition coefficient (Wildman–Crippen LogP) is 5.37. The molecule has 1 aliphatic carbocycles. The van der Waals surface area contributed by atoms with Crippen molar-refractivity contribution in [3.8, 4) is 0 Å². The Bertz CT molecular complexity index is 967. The fourth-order valence-electron chi connectivity index (χ4n) is 5.96. The molecule has 5 nitrogen and oxygen atoms in total. The molecule has 32 heavy (non-hydrogen) atoms. The van der Waals surface area contributed by atoms with Crippen LogP contribution < -0.4 is 5.32 Å². The highest BCUT2D eigenvalue weighted by Crippen LogP contribution is 2.46. The molecule has 5 rings (SSSR count). The van der Waals surface area contributed by atoms with Crippen LogP contribution in [0.2, 0.25) is 0 Å². The molecule has 1 saturated carbocycles. The van der Waals surface area contributed by atoms with E-state index in [9.17, 15) is 9.18 Å². The first-order valence-corrected chi connectivity index (χ1v) is 12.5. The van der Waals surface area contributed by atoms with Crippen LogP contribution in [0.15, 0.2) is 36.5 Å². The van der Waals surface area contributed by atoms with Crippen molar-refractivity contribution in [2.75, 3.05) is 11.9 Å². The lowest BCUT2D eigenvalue weighted by molar-refractivity contribution is -0.140. The predicted molar refractivity (Wildman–Crippen MR) is 125 cm³/mol. The largest absolute Gasteiger partial charge is 0.367 e. The monoisotopic (exact) mass is 478 g/mol. The second-order valence-corrected chi connectivity index (χ2v) is 10.6. The van der Waals surface area contributed by atoms with E-state index in [1.165, 1.54) is 12.1 Å². The van der Waals surface area contributed by atoms with Crippen LogP contribution in [0, 0.1) is 17.7 Å². The lowest BCUT2D eigenvalue weighted by Gasteiger charge is -2.45. The van der Waals surface area contributed by atoms with E-state index >= 15 is 0 Å². The SMILES string of the molecule is CC1Nc2ccnn2[C@H](C2CCC(Cl)C(Cl)C2)C1C(=O)N1CCC[C@H]1c1ccc(F)cc1. The number of rotatable bonds is 3. The zero-order valence-corrected chi connectivity index (χ0v) is 19.6. The number of alkyl halides is 2. The third-order valence-electron chi connectivity index (χ3n) is 7.53. The second kappa shape index (κ2) is 8.86. The molecule has 3 heterocycles. The molecule has 2 fully saturated rings. The molecule has 3 aliphatic rings. The molecule has 0 bridgehead atoms. The summed E-state index contributed by atoms with van der Waals surface area (Å²) in [5.74, 6) is 0.802. The molecule has 0 spiro atoms. The number of nitrogens with zero attached hydrogens (tertiary/aromatic N) is 3. The molecule has 172 valence electrons. The van der Waals surface area contributed by atoms with E-state index in [2.05, 4.69) is 17.3 Å². The second-order valence-electron chi connectivity index (χ2n) is 9.46. The lowest BCUT2D eigenvalue weighted by Crippen LogP contribution is -2.52. The van der Waals surface area contributed by atoms with Gasteiger partial charge in [0.05, 0.1) is 29.6 Å². The molecule has 2 aromatic rings. The van der Waals surface area contributed by atoms with Crippen LogP contribution in [0.1, 0.15) is 56.7 Å². The summed E-state index contributed by atoms with van der Waals surface area (Å²) in [5, 5.41) is 7.96. The van der Waals surface area contributed by atoms with Gasteiger partial charge in [0.2, 0.25) is 5.91 Å². The van der Waals surface area contributed by atoms with E-state index in [1.807, 2.05) is 15.6 Å². The maximum atomic E-state index is 14.1. The number of carbonyl (C=O) groups is 1. The van der Waals surface area contributed by atoms with Gasteiger partial charge in [-0.2, -0.15) is 5.10 Å². The number of halogens is 3. The van der Waals surface area contributed by atoms with E-state index in [1.54, 1.807) is 18.3 Å². The van der Waals surface area contributed by atoms with Crippen LogP contribution >= 0.6 is 23.2 Å². The maximum absolute atomic E-state index is 14.1. The molecular weight excluding hydrogens is 450 g/mol. The third-order valence-corrected chi connectivity index (χ3v) is 8.66. The van der Waals surface area contributed by atoms with E-state index in [0.29, 0.717) is 0 Å². The lowest BCUT2D eigenvalue weighted by atomic mass is 9.74. The Morgan fingerprint density at radius 2 is 1.91 bits per heavy atom. The number of anilines is 1. The Morgan fingerprint density at radius 3 is 2.66 bits per heavy atom. The molecule has 2 aliphatic heterocycles. The molecule has 7 atom stereocenters. The van der Waals surface area contributed by atoms with Crippen LogP contribution in [-0.4, -0.2) is 43.9 Å². The van der Waals surface area contributed by atoms with Crippen LogP contribution in [0.5, 0.6) is 0 Å². The average molecular weight is 479 g/mol. The Morgan fingerprint density at radius 1 is 1.12 bits per heavy atom. The molecule has 1 N–H and O–H groups in total. The Kier molecular flexibility index (Phi) is 6.10. The smallest absolute Gasteiger partial charge is 0.230 e. The first kappa shape index (κ1) is 22.0. The van der Waals surface area contributed by atoms with Crippen molar-refractivity contribution in [3.63, 3.8) is 0 Å². The molecule has 1 amide bonds. The van der Waals surface area contributed by atoms with Gasteiger partial charge >= 0.3 is 0 Å². The number of fused-ring (bicyclic) bond motifs is 1. The highest BCUT2D eigenvalue weighted by atomic mass is 35.5. The minimum atomic E-state index is -0.260. The quantitative estimate of drug-likeness (QED) is 0.603. The van der Waals surface area contributed by atoms with Crippen LogP contribution in [-0.2, 0) is 4.79 Å². The number of nitrogens with one attached hydrogen (secondary N) is 1. The van der Waals surface area contributed by atoms with Crippen molar-refractivity contribution in [1.29, 1.82) is 0 Å². The summed E-state index contributed by atoms with van der Waals surface area (Å²) >= 11 is 13.0. The number of benzene rings is 1. The fourth-order valence-corrected chi connectivity index (χ4v) is 6.55. The van der Waals surface area contributed by atoms with Gasteiger partial charge < -0.3 is 10.2 Å². The maximum Gasteiger partial charge on any atom is 0.230 e. The van der Waals surface area contributed by atoms with Gasteiger partial charge in [-0.05, 0) is 62.6 Å². The molecule has 0 radical (unpaired) electrons. The van der Waals surface area contributed by atoms with Gasteiger partial charge in [-0.15, -0.1) is 23.2 Å². The minimum absolute atomic E-state index is 0.0191. The molecule has 5 unspecified atom stereocenters. The summed E-state index contributed by atoms with van der Waals surface area (Å²) in [4.78, 5) is 16.1. The zero-order valence-electron chi connectivity index (χ0n) is 18.1. The van der Waals surface area contributed by atoms with E-state index in [-0.39, 0.29) is 52.4 Å². The minimum Gasteiger partial charge on any atom is -0.367 e. The summed E-state index contributed by atoms with van der Waals surface area (Å²) < 4.78 is 15.5. The van der Waals surface area contributed by atoms with E-state index < -0.39 is 0 Å². The van der Waals surface area contributed by atoms with Crippen molar-refractivity contribution < 1.29 is 9.18 Å². The van der Waals surface area contributed by atoms with Crippen molar-refractivity contribution >= 4 is 34.9 Å². The third kappa shape index (κ3) is 3.90. The summed E-state index contributed by atoms with van der Waals surface area (Å²) in [7, 11) is 0. The number of carbonyl (C=O) groups excluding carboxylic acids is 1. The van der Waals surface area contributed by atoms with Crippen LogP contribution in [0.25, 0.3) is 0 Å². The van der Waals surface area contributed by atoms with Gasteiger partial charge in [-0.3, -0.25) is 4.79 Å². The highest BCUT2D eigenvalue weighted by Gasteiger charge is 2.48. The molecule has 1 aromatic heterocycles. The highest BCUT2D eigenvalue weighted by molar-refractivity contribution is 6.30. The fraction of sp³-hybridized carbons (Fsp3) is 0.583. The van der Waals surface area contributed by atoms with Crippen molar-refractivity contribution in [2.24, 2.45) is 11.8 Å². The number of likely N-dealkylation sites (tertiary alicyclic amines) is 1. The van der Waals surface area contributed by atoms with Crippen molar-refractivity contribution in [3.05, 3.63) is 47.9 Å². The van der Waals surface area contributed by atoms with Crippen molar-refractivity contribution in [1.82, 2.24) is 14.7 Å². The first-order chi connectivity index (χ1) is 15.4. The van der Waals surface area contributed by atoms with Gasteiger partial charge in [0.25, 0.3) is 0 Å². The number of aromatic nitrogens is 2. The number of hydrogen-bond donors (Lipinski definition) is 1. The van der Waals surface area contributed by atoms with Gasteiger partial charge in [0, 0.05) is 24.0 Å². The van der Waals surface area contributed by atoms with E-state index in [0.717, 1.165) is 50.0 Å². The van der Waals surface area contributed by atoms with Gasteiger partial charge in [0.15, 0.2) is 0 Å². The van der Waals surface area contributed by atoms with Crippen LogP contribution in [0.3, 0.4) is 0 Å². The Hall–Kier alpha value is -1.79. The van der Waals surface area contributed by atoms with E-state index in [4.69, 9.17) is 23.2 Å². The Balaban J connectivity index is 1.47. The van der Waals surface area contributed by atoms with Gasteiger partial charge in [0.1, 0.15) is 11.6 Å². The normalized spacial score (nSPS) is 34.8. The average Bonchev–Trinajstić information content (AvgIpc) is 3.44. The molecule has 1 aromatic carbocycles. The van der Waals surface area contributed by atoms with Gasteiger partial charge in [-0.1, -0.05) is 12.1 Å². The topological polar surface area (TPSA) is 50.2 Å². The van der Waals surface area contributed by atoms with Crippen molar-refractivity contribution in [2.45, 2.75) is 67.9 Å². The molecule has 8 heteroatoms. The summed E-state index contributed by atoms with van der Waals surface area (Å²) in [6.07, 6.45) is 6.18. The van der Waals surface area contributed by atoms with Crippen LogP contribution in [0.4, 0.5) is 10.2 Å². The first-order valence-electron chi connectivity index (χ1n) is 11.6. The zero-order chi connectivity index (χ0) is 22.4. The number of amides is 1. The Labute approximate surface area is 198 Å². The summed E-state index contributed by atoms with van der Waals surface area (Å²) in [6, 6.07) is 8.41. The number of hydrogen-bond acceptors (Lipinski definition) is 3. The molecule has 1 saturated heterocycles. The summed E-state index contributed by atoms with van der Waals surface area (Å²) in [6.45, 7) is 2.80. The standard InChI is InChI=1S/C24H29Cl2FN4O/c1-14-22(24(32)30-12-2-3-20(30)15-4-7-17(27)8-5-15)23(31-21(29-14)10-11-28-31)16-6-9-18(25)19(26)13-16/h4-5,7-8,10-11,14,16,18-20,22-23,29H,2-3,6,9,12-13H2,1H3/t14?,16?,18?,19?,20-,22?,23+/m0/s1. The summed E-state index contributed by atoms with van der Waals surface area (Å²) in [5.41, 5.74) is 0.994. The van der Waals surface area contributed by atoms with Gasteiger partial charge in [-0.25, -0.2) is 9.07 Å².